The van der Waals surface area contributed by atoms with Crippen molar-refractivity contribution in [2.75, 3.05) is 6.54 Å². The molecule has 4 N–H and O–H groups in total. The van der Waals surface area contributed by atoms with Crippen molar-refractivity contribution in [3.63, 3.8) is 0 Å². The number of carbonyl (C=O) groups is 2. The van der Waals surface area contributed by atoms with Gasteiger partial charge >= 0.3 is 0 Å². The molecular weight excluding hydrogens is 230 g/mol. The molecule has 2 atom stereocenters. The fraction of sp³-hybridized carbons (Fsp3) is 0.846. The van der Waals surface area contributed by atoms with E-state index in [0.29, 0.717) is 19.4 Å². The zero-order chi connectivity index (χ0) is 13.8. The SMILES string of the molecule is CC(C)(C)CC(N)CC(=O)NCC1CCC(=O)N1. The Bertz CT molecular complexity index is 310. The maximum atomic E-state index is 11.7. The number of hydrogen-bond acceptors (Lipinski definition) is 3. The summed E-state index contributed by atoms with van der Waals surface area (Å²) in [6.07, 6.45) is 2.52. The molecule has 1 rings (SSSR count). The summed E-state index contributed by atoms with van der Waals surface area (Å²) >= 11 is 0. The van der Waals surface area contributed by atoms with Gasteiger partial charge in [-0.2, -0.15) is 0 Å². The van der Waals surface area contributed by atoms with Crippen molar-refractivity contribution in [2.24, 2.45) is 11.1 Å². The number of amides is 2. The lowest BCUT2D eigenvalue weighted by atomic mass is 9.87. The summed E-state index contributed by atoms with van der Waals surface area (Å²) in [7, 11) is 0. The summed E-state index contributed by atoms with van der Waals surface area (Å²) in [4.78, 5) is 22.7. The van der Waals surface area contributed by atoms with Crippen molar-refractivity contribution in [3.05, 3.63) is 0 Å². The molecule has 0 aliphatic carbocycles. The van der Waals surface area contributed by atoms with E-state index >= 15 is 0 Å². The van der Waals surface area contributed by atoms with Gasteiger partial charge in [0, 0.05) is 31.5 Å². The third-order valence-corrected chi connectivity index (χ3v) is 2.95. The van der Waals surface area contributed by atoms with Crippen molar-refractivity contribution in [3.8, 4) is 0 Å². The molecule has 5 heteroatoms. The van der Waals surface area contributed by atoms with Crippen LogP contribution in [0.5, 0.6) is 0 Å². The number of rotatable bonds is 5. The van der Waals surface area contributed by atoms with E-state index in [1.54, 1.807) is 0 Å². The van der Waals surface area contributed by atoms with E-state index in [9.17, 15) is 9.59 Å². The molecule has 1 saturated heterocycles. The van der Waals surface area contributed by atoms with Crippen molar-refractivity contribution in [1.82, 2.24) is 10.6 Å². The molecule has 2 amide bonds. The Hall–Kier alpha value is -1.10. The first-order valence-electron chi connectivity index (χ1n) is 6.58. The number of hydrogen-bond donors (Lipinski definition) is 3. The Kier molecular flexibility index (Phi) is 5.14. The largest absolute Gasteiger partial charge is 0.354 e. The normalized spacial score (nSPS) is 21.6. The van der Waals surface area contributed by atoms with Crippen molar-refractivity contribution < 1.29 is 9.59 Å². The molecule has 0 aromatic heterocycles. The zero-order valence-corrected chi connectivity index (χ0v) is 11.6. The molecule has 0 saturated carbocycles. The van der Waals surface area contributed by atoms with Crippen LogP contribution in [0.2, 0.25) is 0 Å². The van der Waals surface area contributed by atoms with Gasteiger partial charge in [-0.1, -0.05) is 20.8 Å². The minimum atomic E-state index is -0.108. The Balaban J connectivity index is 2.19. The second-order valence-corrected chi connectivity index (χ2v) is 6.34. The third-order valence-electron chi connectivity index (χ3n) is 2.95. The van der Waals surface area contributed by atoms with Crippen LogP contribution in [0.15, 0.2) is 0 Å². The van der Waals surface area contributed by atoms with Crippen molar-refractivity contribution in [1.29, 1.82) is 0 Å². The van der Waals surface area contributed by atoms with Crippen LogP contribution in [-0.4, -0.2) is 30.4 Å². The molecule has 1 aliphatic rings. The monoisotopic (exact) mass is 255 g/mol. The van der Waals surface area contributed by atoms with Gasteiger partial charge in [0.1, 0.15) is 0 Å². The highest BCUT2D eigenvalue weighted by molar-refractivity contribution is 5.79. The minimum Gasteiger partial charge on any atom is -0.354 e. The number of nitrogens with one attached hydrogen (secondary N) is 2. The van der Waals surface area contributed by atoms with E-state index in [2.05, 4.69) is 31.4 Å². The van der Waals surface area contributed by atoms with Crippen LogP contribution in [-0.2, 0) is 9.59 Å². The second kappa shape index (κ2) is 6.18. The predicted octanol–water partition coefficient (Wildman–Crippen LogP) is 0.535. The van der Waals surface area contributed by atoms with Gasteiger partial charge in [0.15, 0.2) is 0 Å². The Morgan fingerprint density at radius 2 is 2.22 bits per heavy atom. The summed E-state index contributed by atoms with van der Waals surface area (Å²) < 4.78 is 0. The fourth-order valence-electron chi connectivity index (χ4n) is 2.24. The van der Waals surface area contributed by atoms with Crippen LogP contribution in [0.3, 0.4) is 0 Å². The zero-order valence-electron chi connectivity index (χ0n) is 11.6. The van der Waals surface area contributed by atoms with Gasteiger partial charge in [0.25, 0.3) is 0 Å². The van der Waals surface area contributed by atoms with Gasteiger partial charge in [-0.05, 0) is 18.3 Å². The van der Waals surface area contributed by atoms with E-state index < -0.39 is 0 Å². The maximum Gasteiger partial charge on any atom is 0.221 e. The lowest BCUT2D eigenvalue weighted by molar-refractivity contribution is -0.122. The van der Waals surface area contributed by atoms with Gasteiger partial charge in [0.2, 0.25) is 11.8 Å². The molecular formula is C13H25N3O2. The molecule has 0 radical (unpaired) electrons. The van der Waals surface area contributed by atoms with E-state index in [0.717, 1.165) is 12.8 Å². The molecule has 1 heterocycles. The molecule has 1 fully saturated rings. The molecule has 18 heavy (non-hydrogen) atoms. The molecule has 2 unspecified atom stereocenters. The molecule has 104 valence electrons. The first-order chi connectivity index (χ1) is 8.26. The molecule has 0 bridgehead atoms. The van der Waals surface area contributed by atoms with Crippen LogP contribution >= 0.6 is 0 Å². The molecule has 1 aliphatic heterocycles. The smallest absolute Gasteiger partial charge is 0.221 e. The maximum absolute atomic E-state index is 11.7. The molecule has 0 aromatic carbocycles. The van der Waals surface area contributed by atoms with Crippen molar-refractivity contribution in [2.45, 2.75) is 58.5 Å². The van der Waals surface area contributed by atoms with Gasteiger partial charge in [-0.15, -0.1) is 0 Å². The second-order valence-electron chi connectivity index (χ2n) is 6.34. The lowest BCUT2D eigenvalue weighted by Gasteiger charge is -2.23. The number of nitrogens with two attached hydrogens (primary N) is 1. The third kappa shape index (κ3) is 6.00. The fourth-order valence-corrected chi connectivity index (χ4v) is 2.24. The van der Waals surface area contributed by atoms with Gasteiger partial charge in [0.05, 0.1) is 0 Å². The summed E-state index contributed by atoms with van der Waals surface area (Å²) in [6.45, 7) is 6.84. The summed E-state index contributed by atoms with van der Waals surface area (Å²) in [6, 6.07) is -0.0246. The topological polar surface area (TPSA) is 84.2 Å². The van der Waals surface area contributed by atoms with Crippen LogP contribution in [0.25, 0.3) is 0 Å². The summed E-state index contributed by atoms with van der Waals surface area (Å²) in [5.74, 6) is 0.0339. The highest BCUT2D eigenvalue weighted by Crippen LogP contribution is 2.20. The average molecular weight is 255 g/mol. The van der Waals surface area contributed by atoms with Gasteiger partial charge in [-0.25, -0.2) is 0 Å². The lowest BCUT2D eigenvalue weighted by Crippen LogP contribution is -2.40. The highest BCUT2D eigenvalue weighted by Gasteiger charge is 2.22. The Morgan fingerprint density at radius 3 is 2.72 bits per heavy atom. The highest BCUT2D eigenvalue weighted by atomic mass is 16.2. The predicted molar refractivity (Wildman–Crippen MR) is 70.8 cm³/mol. The summed E-state index contributed by atoms with van der Waals surface area (Å²) in [5, 5.41) is 5.64. The van der Waals surface area contributed by atoms with Crippen LogP contribution < -0.4 is 16.4 Å². The number of carbonyl (C=O) groups excluding carboxylic acids is 2. The van der Waals surface area contributed by atoms with E-state index in [4.69, 9.17) is 5.73 Å². The van der Waals surface area contributed by atoms with E-state index in [-0.39, 0.29) is 29.3 Å². The van der Waals surface area contributed by atoms with Gasteiger partial charge < -0.3 is 16.4 Å². The van der Waals surface area contributed by atoms with E-state index in [1.165, 1.54) is 0 Å². The van der Waals surface area contributed by atoms with Gasteiger partial charge in [-0.3, -0.25) is 9.59 Å². The standard InChI is InChI=1S/C13H25N3O2/c1-13(2,3)7-9(14)6-12(18)15-8-10-4-5-11(17)16-10/h9-10H,4-8,14H2,1-3H3,(H,15,18)(H,16,17). The Labute approximate surface area is 109 Å². The summed E-state index contributed by atoms with van der Waals surface area (Å²) in [5.41, 5.74) is 6.07. The first-order valence-corrected chi connectivity index (χ1v) is 6.58. The first kappa shape index (κ1) is 15.0. The van der Waals surface area contributed by atoms with Crippen LogP contribution in [0.4, 0.5) is 0 Å². The van der Waals surface area contributed by atoms with E-state index in [1.807, 2.05) is 0 Å². The van der Waals surface area contributed by atoms with Crippen LogP contribution in [0, 0.1) is 5.41 Å². The van der Waals surface area contributed by atoms with Crippen LogP contribution in [0.1, 0.15) is 46.5 Å². The molecule has 0 spiro atoms. The minimum absolute atomic E-state index is 0.0344. The van der Waals surface area contributed by atoms with Crippen molar-refractivity contribution >= 4 is 11.8 Å². The molecule has 0 aromatic rings. The molecule has 5 nitrogen and oxygen atoms in total. The Morgan fingerprint density at radius 1 is 1.56 bits per heavy atom. The average Bonchev–Trinajstić information content (AvgIpc) is 2.58. The quantitative estimate of drug-likeness (QED) is 0.670.